The summed E-state index contributed by atoms with van der Waals surface area (Å²) in [7, 11) is 1.87. The number of rotatable bonds is 4. The SMILES string of the molecule is CC1CC1c1ccc(CN(C)C(=O)C2CCCNC2)o1. The van der Waals surface area contributed by atoms with Crippen molar-refractivity contribution in [1.82, 2.24) is 10.2 Å². The number of piperidine rings is 1. The van der Waals surface area contributed by atoms with E-state index in [9.17, 15) is 4.79 Å². The fourth-order valence-corrected chi connectivity index (χ4v) is 3.08. The molecule has 3 rings (SSSR count). The maximum atomic E-state index is 12.4. The largest absolute Gasteiger partial charge is 0.464 e. The summed E-state index contributed by atoms with van der Waals surface area (Å²) < 4.78 is 5.88. The van der Waals surface area contributed by atoms with Gasteiger partial charge in [-0.3, -0.25) is 4.79 Å². The quantitative estimate of drug-likeness (QED) is 0.918. The molecular weight excluding hydrogens is 252 g/mol. The molecule has 0 radical (unpaired) electrons. The highest BCUT2D eigenvalue weighted by Gasteiger charge is 2.36. The highest BCUT2D eigenvalue weighted by atomic mass is 16.3. The maximum Gasteiger partial charge on any atom is 0.227 e. The zero-order chi connectivity index (χ0) is 14.1. The summed E-state index contributed by atoms with van der Waals surface area (Å²) in [5, 5.41) is 3.30. The van der Waals surface area contributed by atoms with E-state index in [0.717, 1.165) is 43.4 Å². The van der Waals surface area contributed by atoms with Gasteiger partial charge in [-0.1, -0.05) is 6.92 Å². The van der Waals surface area contributed by atoms with Gasteiger partial charge in [-0.2, -0.15) is 0 Å². The summed E-state index contributed by atoms with van der Waals surface area (Å²) in [6, 6.07) is 4.09. The van der Waals surface area contributed by atoms with E-state index in [2.05, 4.69) is 18.3 Å². The molecule has 110 valence electrons. The van der Waals surface area contributed by atoms with Crippen molar-refractivity contribution in [2.45, 2.75) is 38.6 Å². The first kappa shape index (κ1) is 13.7. The van der Waals surface area contributed by atoms with Crippen LogP contribution in [0.3, 0.4) is 0 Å². The van der Waals surface area contributed by atoms with E-state index < -0.39 is 0 Å². The van der Waals surface area contributed by atoms with E-state index in [0.29, 0.717) is 12.5 Å². The average Bonchev–Trinajstić information content (AvgIpc) is 3.01. The first-order valence-electron chi connectivity index (χ1n) is 7.69. The van der Waals surface area contributed by atoms with Crippen molar-refractivity contribution < 1.29 is 9.21 Å². The smallest absolute Gasteiger partial charge is 0.227 e. The lowest BCUT2D eigenvalue weighted by Gasteiger charge is -2.26. The minimum atomic E-state index is 0.131. The summed E-state index contributed by atoms with van der Waals surface area (Å²) in [5.41, 5.74) is 0. The van der Waals surface area contributed by atoms with E-state index in [-0.39, 0.29) is 11.8 Å². The molecule has 0 bridgehead atoms. The fourth-order valence-electron chi connectivity index (χ4n) is 3.08. The van der Waals surface area contributed by atoms with Crippen molar-refractivity contribution in [1.29, 1.82) is 0 Å². The first-order valence-corrected chi connectivity index (χ1v) is 7.69. The molecule has 0 spiro atoms. The first-order chi connectivity index (χ1) is 9.65. The van der Waals surface area contributed by atoms with Gasteiger partial charge in [0.05, 0.1) is 12.5 Å². The van der Waals surface area contributed by atoms with Crippen LogP contribution >= 0.6 is 0 Å². The van der Waals surface area contributed by atoms with Gasteiger partial charge < -0.3 is 14.6 Å². The number of hydrogen-bond donors (Lipinski definition) is 1. The van der Waals surface area contributed by atoms with Gasteiger partial charge >= 0.3 is 0 Å². The molecule has 2 fully saturated rings. The Morgan fingerprint density at radius 3 is 2.95 bits per heavy atom. The molecule has 3 unspecified atom stereocenters. The zero-order valence-corrected chi connectivity index (χ0v) is 12.4. The number of hydrogen-bond acceptors (Lipinski definition) is 3. The normalized spacial score (nSPS) is 29.2. The van der Waals surface area contributed by atoms with Crippen LogP contribution < -0.4 is 5.32 Å². The number of furan rings is 1. The van der Waals surface area contributed by atoms with Gasteiger partial charge in [0.15, 0.2) is 0 Å². The third-order valence-electron chi connectivity index (χ3n) is 4.57. The molecule has 1 aliphatic carbocycles. The standard InChI is InChI=1S/C16H24N2O2/c1-11-8-14(11)15-6-5-13(20-15)10-18(2)16(19)12-4-3-7-17-9-12/h5-6,11-12,14,17H,3-4,7-10H2,1-2H3. The summed E-state index contributed by atoms with van der Waals surface area (Å²) in [5.74, 6) is 3.71. The Balaban J connectivity index is 1.56. The predicted octanol–water partition coefficient (Wildman–Crippen LogP) is 2.36. The average molecular weight is 276 g/mol. The Morgan fingerprint density at radius 2 is 2.30 bits per heavy atom. The van der Waals surface area contributed by atoms with Gasteiger partial charge in [-0.15, -0.1) is 0 Å². The number of nitrogens with zero attached hydrogens (tertiary/aromatic N) is 1. The van der Waals surface area contributed by atoms with Crippen LogP contribution in [0.4, 0.5) is 0 Å². The Morgan fingerprint density at radius 1 is 1.50 bits per heavy atom. The van der Waals surface area contributed by atoms with Gasteiger partial charge in [0.2, 0.25) is 5.91 Å². The van der Waals surface area contributed by atoms with Gasteiger partial charge in [-0.05, 0) is 43.9 Å². The van der Waals surface area contributed by atoms with Gasteiger partial charge in [-0.25, -0.2) is 0 Å². The highest BCUT2D eigenvalue weighted by molar-refractivity contribution is 5.78. The molecule has 1 aliphatic heterocycles. The lowest BCUT2D eigenvalue weighted by molar-refractivity contribution is -0.135. The van der Waals surface area contributed by atoms with E-state index in [1.807, 2.05) is 13.1 Å². The molecule has 4 heteroatoms. The molecule has 4 nitrogen and oxygen atoms in total. The lowest BCUT2D eigenvalue weighted by Crippen LogP contribution is -2.41. The minimum absolute atomic E-state index is 0.131. The predicted molar refractivity (Wildman–Crippen MR) is 77.3 cm³/mol. The lowest BCUT2D eigenvalue weighted by atomic mass is 9.98. The molecule has 1 aromatic rings. The van der Waals surface area contributed by atoms with Crippen molar-refractivity contribution in [2.24, 2.45) is 11.8 Å². The summed E-state index contributed by atoms with van der Waals surface area (Å²) in [6.45, 7) is 4.68. The van der Waals surface area contributed by atoms with E-state index >= 15 is 0 Å². The molecule has 20 heavy (non-hydrogen) atoms. The Labute approximate surface area is 120 Å². The summed E-state index contributed by atoms with van der Waals surface area (Å²) >= 11 is 0. The summed E-state index contributed by atoms with van der Waals surface area (Å²) in [6.07, 6.45) is 3.32. The molecule has 2 heterocycles. The van der Waals surface area contributed by atoms with Crippen LogP contribution in [-0.4, -0.2) is 30.9 Å². The van der Waals surface area contributed by atoms with Crippen LogP contribution in [-0.2, 0) is 11.3 Å². The molecule has 1 N–H and O–H groups in total. The Bertz CT molecular complexity index is 477. The molecule has 2 aliphatic rings. The number of amides is 1. The number of carbonyl (C=O) groups is 1. The van der Waals surface area contributed by atoms with Crippen LogP contribution in [0.2, 0.25) is 0 Å². The van der Waals surface area contributed by atoms with Crippen LogP contribution in [0.15, 0.2) is 16.5 Å². The van der Waals surface area contributed by atoms with Crippen LogP contribution in [0.1, 0.15) is 43.6 Å². The number of carbonyl (C=O) groups excluding carboxylic acids is 1. The maximum absolute atomic E-state index is 12.4. The molecular formula is C16H24N2O2. The van der Waals surface area contributed by atoms with Crippen molar-refractivity contribution in [3.8, 4) is 0 Å². The third kappa shape index (κ3) is 2.90. The second kappa shape index (κ2) is 5.60. The van der Waals surface area contributed by atoms with Crippen LogP contribution in [0, 0.1) is 11.8 Å². The number of nitrogens with one attached hydrogen (secondary N) is 1. The monoisotopic (exact) mass is 276 g/mol. The third-order valence-corrected chi connectivity index (χ3v) is 4.57. The molecule has 1 saturated heterocycles. The molecule has 0 aromatic carbocycles. The fraction of sp³-hybridized carbons (Fsp3) is 0.688. The van der Waals surface area contributed by atoms with Crippen molar-refractivity contribution >= 4 is 5.91 Å². The minimum Gasteiger partial charge on any atom is -0.464 e. The second-order valence-electron chi connectivity index (χ2n) is 6.36. The van der Waals surface area contributed by atoms with E-state index in [1.54, 1.807) is 4.90 Å². The van der Waals surface area contributed by atoms with Crippen molar-refractivity contribution in [3.63, 3.8) is 0 Å². The van der Waals surface area contributed by atoms with Crippen LogP contribution in [0.25, 0.3) is 0 Å². The van der Waals surface area contributed by atoms with E-state index in [1.165, 1.54) is 6.42 Å². The van der Waals surface area contributed by atoms with Gasteiger partial charge in [0.25, 0.3) is 0 Å². The topological polar surface area (TPSA) is 45.5 Å². The van der Waals surface area contributed by atoms with Gasteiger partial charge in [0, 0.05) is 19.5 Å². The molecule has 1 saturated carbocycles. The summed E-state index contributed by atoms with van der Waals surface area (Å²) in [4.78, 5) is 14.2. The highest BCUT2D eigenvalue weighted by Crippen LogP contribution is 2.47. The van der Waals surface area contributed by atoms with E-state index in [4.69, 9.17) is 4.42 Å². The van der Waals surface area contributed by atoms with Gasteiger partial charge in [0.1, 0.15) is 11.5 Å². The zero-order valence-electron chi connectivity index (χ0n) is 12.4. The second-order valence-corrected chi connectivity index (χ2v) is 6.36. The van der Waals surface area contributed by atoms with Crippen molar-refractivity contribution in [2.75, 3.05) is 20.1 Å². The van der Waals surface area contributed by atoms with Crippen molar-refractivity contribution in [3.05, 3.63) is 23.7 Å². The Kier molecular flexibility index (Phi) is 3.83. The molecule has 3 atom stereocenters. The molecule has 1 amide bonds. The molecule has 1 aromatic heterocycles. The van der Waals surface area contributed by atoms with Crippen LogP contribution in [0.5, 0.6) is 0 Å². The Hall–Kier alpha value is -1.29.